The molecule has 4 nitrogen and oxygen atoms in total. The number of carbonyl (C=O) groups is 1. The van der Waals surface area contributed by atoms with Gasteiger partial charge < -0.3 is 10.1 Å². The van der Waals surface area contributed by atoms with Gasteiger partial charge in [-0.05, 0) is 40.9 Å². The van der Waals surface area contributed by atoms with Crippen molar-refractivity contribution in [1.29, 1.82) is 0 Å². The number of hydrogen-bond donors (Lipinski definition) is 1. The molecule has 1 atom stereocenters. The largest absolute Gasteiger partial charge is 0.444 e. The first kappa shape index (κ1) is 15.3. The molecular weight excluding hydrogens is 224 g/mol. The molecule has 5 heteroatoms. The second kappa shape index (κ2) is 6.78. The van der Waals surface area contributed by atoms with E-state index < -0.39 is 11.7 Å². The Balaban J connectivity index is 4.28. The van der Waals surface area contributed by atoms with E-state index in [2.05, 4.69) is 10.3 Å². The lowest BCUT2D eigenvalue weighted by Crippen LogP contribution is -2.40. The van der Waals surface area contributed by atoms with Gasteiger partial charge >= 0.3 is 6.09 Å². The van der Waals surface area contributed by atoms with E-state index in [9.17, 15) is 4.79 Å². The van der Waals surface area contributed by atoms with Gasteiger partial charge in [0.15, 0.2) is 0 Å². The van der Waals surface area contributed by atoms with Crippen molar-refractivity contribution in [2.24, 2.45) is 4.99 Å². The molecule has 0 saturated heterocycles. The van der Waals surface area contributed by atoms with Gasteiger partial charge in [-0.3, -0.25) is 4.99 Å². The van der Waals surface area contributed by atoms with Crippen molar-refractivity contribution in [2.75, 3.05) is 12.8 Å². The number of aliphatic imine (C=N–C) groups is 1. The number of thioether (sulfide) groups is 1. The second-order valence-corrected chi connectivity index (χ2v) is 5.21. The Hall–Kier alpha value is -0.710. The standard InChI is InChI=1S/C11H22N2O2S/c1-7-12-9(16-6)8(2)13-10(14)15-11(3,4)5/h8H,7H2,1-6H3,(H,13,14)/b12-9-/t8-/m1/s1. The van der Waals surface area contributed by atoms with Crippen LogP contribution in [0.1, 0.15) is 34.6 Å². The number of ether oxygens (including phenoxy) is 1. The number of nitrogens with zero attached hydrogens (tertiary/aromatic N) is 1. The minimum absolute atomic E-state index is 0.107. The molecule has 0 aromatic heterocycles. The van der Waals surface area contributed by atoms with E-state index in [1.807, 2.05) is 40.9 Å². The van der Waals surface area contributed by atoms with Gasteiger partial charge in [0, 0.05) is 6.54 Å². The molecule has 0 rings (SSSR count). The molecule has 1 N–H and O–H groups in total. The molecule has 0 spiro atoms. The summed E-state index contributed by atoms with van der Waals surface area (Å²) in [6, 6.07) is -0.107. The van der Waals surface area contributed by atoms with Gasteiger partial charge in [-0.1, -0.05) is 0 Å². The van der Waals surface area contributed by atoms with Crippen LogP contribution >= 0.6 is 11.8 Å². The van der Waals surface area contributed by atoms with E-state index in [0.29, 0.717) is 0 Å². The fourth-order valence-corrected chi connectivity index (χ4v) is 1.75. The fraction of sp³-hybridized carbons (Fsp3) is 0.818. The van der Waals surface area contributed by atoms with Crippen molar-refractivity contribution >= 4 is 22.9 Å². The van der Waals surface area contributed by atoms with Gasteiger partial charge in [0.25, 0.3) is 0 Å². The molecule has 0 aliphatic rings. The van der Waals surface area contributed by atoms with Gasteiger partial charge in [-0.15, -0.1) is 11.8 Å². The Bertz CT molecular complexity index is 259. The summed E-state index contributed by atoms with van der Waals surface area (Å²) < 4.78 is 5.17. The monoisotopic (exact) mass is 246 g/mol. The zero-order valence-electron chi connectivity index (χ0n) is 11.0. The summed E-state index contributed by atoms with van der Waals surface area (Å²) >= 11 is 1.54. The maximum absolute atomic E-state index is 11.5. The number of rotatable bonds is 3. The SMILES string of the molecule is CC/N=C(\SC)[C@@H](C)NC(=O)OC(C)(C)C. The quantitative estimate of drug-likeness (QED) is 0.615. The first-order valence-electron chi connectivity index (χ1n) is 5.38. The number of nitrogens with one attached hydrogen (secondary N) is 1. The van der Waals surface area contributed by atoms with Crippen LogP contribution in [0.4, 0.5) is 4.79 Å². The molecule has 1 amide bonds. The summed E-state index contributed by atoms with van der Waals surface area (Å²) in [5.74, 6) is 0. The van der Waals surface area contributed by atoms with E-state index in [1.165, 1.54) is 0 Å². The summed E-state index contributed by atoms with van der Waals surface area (Å²) in [5.41, 5.74) is -0.467. The number of alkyl carbamates (subject to hydrolysis) is 1. The first-order valence-corrected chi connectivity index (χ1v) is 6.60. The van der Waals surface area contributed by atoms with E-state index in [1.54, 1.807) is 11.8 Å². The average molecular weight is 246 g/mol. The third-order valence-corrected chi connectivity index (χ3v) is 2.53. The molecule has 0 bridgehead atoms. The summed E-state index contributed by atoms with van der Waals surface area (Å²) in [4.78, 5) is 15.8. The first-order chi connectivity index (χ1) is 7.30. The van der Waals surface area contributed by atoms with Crippen molar-refractivity contribution in [3.8, 4) is 0 Å². The number of amides is 1. The molecule has 0 heterocycles. The van der Waals surface area contributed by atoms with Crippen molar-refractivity contribution in [3.63, 3.8) is 0 Å². The van der Waals surface area contributed by atoms with E-state index in [0.717, 1.165) is 11.6 Å². The Morgan fingerprint density at radius 1 is 1.50 bits per heavy atom. The highest BCUT2D eigenvalue weighted by Crippen LogP contribution is 2.08. The molecule has 0 aromatic rings. The molecule has 16 heavy (non-hydrogen) atoms. The van der Waals surface area contributed by atoms with Crippen LogP contribution in [-0.4, -0.2) is 35.6 Å². The smallest absolute Gasteiger partial charge is 0.408 e. The molecule has 0 fully saturated rings. The maximum atomic E-state index is 11.5. The van der Waals surface area contributed by atoms with Crippen LogP contribution in [0.2, 0.25) is 0 Å². The van der Waals surface area contributed by atoms with Gasteiger partial charge in [-0.25, -0.2) is 4.79 Å². The second-order valence-electron chi connectivity index (χ2n) is 4.38. The Morgan fingerprint density at radius 2 is 2.06 bits per heavy atom. The third-order valence-electron chi connectivity index (χ3n) is 1.63. The topological polar surface area (TPSA) is 50.7 Å². The maximum Gasteiger partial charge on any atom is 0.408 e. The van der Waals surface area contributed by atoms with Crippen LogP contribution in [0.5, 0.6) is 0 Å². The lowest BCUT2D eigenvalue weighted by Gasteiger charge is -2.22. The highest BCUT2D eigenvalue weighted by Gasteiger charge is 2.19. The van der Waals surface area contributed by atoms with Crippen LogP contribution in [0.15, 0.2) is 4.99 Å². The van der Waals surface area contributed by atoms with Gasteiger partial charge in [0.2, 0.25) is 0 Å². The van der Waals surface area contributed by atoms with Crippen molar-refractivity contribution in [3.05, 3.63) is 0 Å². The average Bonchev–Trinajstić information content (AvgIpc) is 2.10. The molecule has 94 valence electrons. The van der Waals surface area contributed by atoms with E-state index >= 15 is 0 Å². The highest BCUT2D eigenvalue weighted by atomic mass is 32.2. The summed E-state index contributed by atoms with van der Waals surface area (Å²) in [6.07, 6.45) is 1.54. The lowest BCUT2D eigenvalue weighted by molar-refractivity contribution is 0.0522. The Kier molecular flexibility index (Phi) is 6.48. The lowest BCUT2D eigenvalue weighted by atomic mass is 10.2. The fourth-order valence-electron chi connectivity index (χ4n) is 1.08. The molecule has 0 saturated carbocycles. The molecular formula is C11H22N2O2S. The highest BCUT2D eigenvalue weighted by molar-refractivity contribution is 8.13. The minimum atomic E-state index is -0.467. The number of carbonyl (C=O) groups excluding carboxylic acids is 1. The summed E-state index contributed by atoms with van der Waals surface area (Å²) in [5, 5.41) is 3.67. The Labute approximate surface area is 102 Å². The van der Waals surface area contributed by atoms with Gasteiger partial charge in [0.05, 0.1) is 11.1 Å². The zero-order valence-corrected chi connectivity index (χ0v) is 11.8. The van der Waals surface area contributed by atoms with Crippen molar-refractivity contribution in [2.45, 2.75) is 46.3 Å². The van der Waals surface area contributed by atoms with Crippen molar-refractivity contribution in [1.82, 2.24) is 5.32 Å². The van der Waals surface area contributed by atoms with Crippen molar-refractivity contribution < 1.29 is 9.53 Å². The Morgan fingerprint density at radius 3 is 2.44 bits per heavy atom. The van der Waals surface area contributed by atoms with Crippen LogP contribution in [0.3, 0.4) is 0 Å². The van der Waals surface area contributed by atoms with E-state index in [4.69, 9.17) is 4.74 Å². The summed E-state index contributed by atoms with van der Waals surface area (Å²) in [6.45, 7) is 10.1. The summed E-state index contributed by atoms with van der Waals surface area (Å²) in [7, 11) is 0. The molecule has 0 radical (unpaired) electrons. The van der Waals surface area contributed by atoms with Gasteiger partial charge in [-0.2, -0.15) is 0 Å². The molecule has 0 aromatic carbocycles. The molecule has 0 aliphatic heterocycles. The predicted molar refractivity (Wildman–Crippen MR) is 70.3 cm³/mol. The molecule has 0 unspecified atom stereocenters. The van der Waals surface area contributed by atoms with Crippen LogP contribution in [0, 0.1) is 0 Å². The van der Waals surface area contributed by atoms with Gasteiger partial charge in [0.1, 0.15) is 5.60 Å². The third kappa shape index (κ3) is 6.71. The normalized spacial score (nSPS) is 14.5. The predicted octanol–water partition coefficient (Wildman–Crippen LogP) is 2.68. The van der Waals surface area contributed by atoms with Crippen LogP contribution in [0.25, 0.3) is 0 Å². The van der Waals surface area contributed by atoms with Crippen LogP contribution < -0.4 is 5.32 Å². The zero-order chi connectivity index (χ0) is 12.8. The van der Waals surface area contributed by atoms with Crippen LogP contribution in [-0.2, 0) is 4.74 Å². The number of hydrogen-bond acceptors (Lipinski definition) is 4. The van der Waals surface area contributed by atoms with E-state index in [-0.39, 0.29) is 6.04 Å². The minimum Gasteiger partial charge on any atom is -0.444 e. The molecule has 0 aliphatic carbocycles.